The van der Waals surface area contributed by atoms with Gasteiger partial charge in [0.25, 0.3) is 0 Å². The van der Waals surface area contributed by atoms with Gasteiger partial charge in [-0.2, -0.15) is 0 Å². The van der Waals surface area contributed by atoms with Crippen molar-refractivity contribution < 1.29 is 24.2 Å². The Morgan fingerprint density at radius 2 is 2.00 bits per heavy atom. The summed E-state index contributed by atoms with van der Waals surface area (Å²) in [4.78, 5) is 36.1. The zero-order valence-corrected chi connectivity index (χ0v) is 16.1. The molecule has 4 atom stereocenters. The van der Waals surface area contributed by atoms with Crippen molar-refractivity contribution in [3.05, 3.63) is 0 Å². The molecule has 8 nitrogen and oxygen atoms in total. The predicted molar refractivity (Wildman–Crippen MR) is 95.9 cm³/mol. The molecule has 1 fully saturated rings. The van der Waals surface area contributed by atoms with Crippen molar-refractivity contribution in [1.29, 1.82) is 0 Å². The van der Waals surface area contributed by atoms with E-state index in [0.717, 1.165) is 12.8 Å². The normalized spacial score (nSPS) is 22.4. The molecular weight excluding hydrogens is 350 g/mol. The van der Waals surface area contributed by atoms with Crippen LogP contribution in [0.25, 0.3) is 0 Å². The van der Waals surface area contributed by atoms with Crippen LogP contribution in [0, 0.1) is 5.92 Å². The molecule has 3 N–H and O–H groups in total. The van der Waals surface area contributed by atoms with E-state index in [-0.39, 0.29) is 36.3 Å². The van der Waals surface area contributed by atoms with E-state index in [0.29, 0.717) is 19.5 Å². The van der Waals surface area contributed by atoms with Gasteiger partial charge in [0.1, 0.15) is 6.04 Å². The summed E-state index contributed by atoms with van der Waals surface area (Å²) in [5.41, 5.74) is 0. The first kappa shape index (κ1) is 23.5. The molecule has 0 saturated carbocycles. The Balaban J connectivity index is 0.00000576. The van der Waals surface area contributed by atoms with Crippen molar-refractivity contribution in [2.24, 2.45) is 5.92 Å². The van der Waals surface area contributed by atoms with E-state index in [9.17, 15) is 19.5 Å². The average molecular weight is 380 g/mol. The first-order valence-corrected chi connectivity index (χ1v) is 8.36. The first-order valence-electron chi connectivity index (χ1n) is 8.36. The summed E-state index contributed by atoms with van der Waals surface area (Å²) in [6, 6.07) is -0.933. The minimum atomic E-state index is -0.897. The number of carboxylic acids is 1. The van der Waals surface area contributed by atoms with E-state index in [1.807, 2.05) is 11.8 Å². The van der Waals surface area contributed by atoms with E-state index >= 15 is 0 Å². The van der Waals surface area contributed by atoms with Crippen LogP contribution in [-0.2, 0) is 14.3 Å². The lowest BCUT2D eigenvalue weighted by Crippen LogP contribution is -2.46. The topological polar surface area (TPSA) is 108 Å². The summed E-state index contributed by atoms with van der Waals surface area (Å²) < 4.78 is 4.58. The van der Waals surface area contributed by atoms with Crippen LogP contribution in [0.15, 0.2) is 0 Å². The largest absolute Gasteiger partial charge is 0.480 e. The van der Waals surface area contributed by atoms with Crippen molar-refractivity contribution in [3.63, 3.8) is 0 Å². The minimum Gasteiger partial charge on any atom is -0.480 e. The zero-order chi connectivity index (χ0) is 18.3. The highest BCUT2D eigenvalue weighted by Gasteiger charge is 2.39. The Labute approximate surface area is 155 Å². The molecule has 1 heterocycles. The zero-order valence-electron chi connectivity index (χ0n) is 15.3. The van der Waals surface area contributed by atoms with Crippen LogP contribution in [-0.4, -0.2) is 66.3 Å². The van der Waals surface area contributed by atoms with E-state index in [1.165, 1.54) is 14.0 Å². The Kier molecular flexibility index (Phi) is 10.5. The van der Waals surface area contributed by atoms with Gasteiger partial charge in [0, 0.05) is 32.1 Å². The highest BCUT2D eigenvalue weighted by molar-refractivity contribution is 5.85. The molecule has 0 aromatic heterocycles. The molecule has 0 spiro atoms. The second-order valence-corrected chi connectivity index (χ2v) is 6.41. The van der Waals surface area contributed by atoms with Crippen molar-refractivity contribution in [2.45, 2.75) is 58.2 Å². The van der Waals surface area contributed by atoms with Gasteiger partial charge >= 0.3 is 12.1 Å². The number of amides is 2. The molecule has 0 aromatic carbocycles. The first-order chi connectivity index (χ1) is 11.3. The standard InChI is InChI=1S/C16H29N3O5.ClH/c1-5-6-12(10(2)17-11(3)20)8-19-9-13(18-16(23)24-4)7-14(19)15(21)22;/h10,12-14H,5-9H2,1-4H3,(H,17,20)(H,18,23)(H,21,22);1H. The van der Waals surface area contributed by atoms with Crippen LogP contribution >= 0.6 is 12.4 Å². The third kappa shape index (κ3) is 7.48. The molecule has 1 rings (SSSR count). The van der Waals surface area contributed by atoms with Gasteiger partial charge in [-0.1, -0.05) is 13.3 Å². The van der Waals surface area contributed by atoms with Gasteiger partial charge in [-0.3, -0.25) is 14.5 Å². The average Bonchev–Trinajstić information content (AvgIpc) is 2.88. The van der Waals surface area contributed by atoms with Crippen molar-refractivity contribution in [3.8, 4) is 0 Å². The van der Waals surface area contributed by atoms with Crippen molar-refractivity contribution in [1.82, 2.24) is 15.5 Å². The number of halogens is 1. The predicted octanol–water partition coefficient (Wildman–Crippen LogP) is 1.23. The van der Waals surface area contributed by atoms with Gasteiger partial charge in [0.2, 0.25) is 5.91 Å². The molecular formula is C16H30ClN3O5. The summed E-state index contributed by atoms with van der Waals surface area (Å²) in [5.74, 6) is -0.839. The number of methoxy groups -OCH3 is 1. The van der Waals surface area contributed by atoms with Gasteiger partial charge in [-0.05, 0) is 25.7 Å². The number of carboxylic acid groups (broad SMARTS) is 1. The molecule has 1 aliphatic rings. The Bertz CT molecular complexity index is 463. The summed E-state index contributed by atoms with van der Waals surface area (Å²) >= 11 is 0. The molecule has 0 bridgehead atoms. The van der Waals surface area contributed by atoms with Gasteiger partial charge in [-0.25, -0.2) is 4.79 Å². The number of likely N-dealkylation sites (tertiary alicyclic amines) is 1. The number of alkyl carbamates (subject to hydrolysis) is 1. The molecule has 4 unspecified atom stereocenters. The molecule has 146 valence electrons. The number of ether oxygens (including phenoxy) is 1. The smallest absolute Gasteiger partial charge is 0.407 e. The fourth-order valence-corrected chi connectivity index (χ4v) is 3.30. The second kappa shape index (κ2) is 11.1. The molecule has 0 aromatic rings. The van der Waals surface area contributed by atoms with Crippen LogP contribution in [0.4, 0.5) is 4.79 Å². The number of nitrogens with one attached hydrogen (secondary N) is 2. The number of carbonyl (C=O) groups excluding carboxylic acids is 2. The van der Waals surface area contributed by atoms with Crippen LogP contribution < -0.4 is 10.6 Å². The Hall–Kier alpha value is -1.54. The maximum Gasteiger partial charge on any atom is 0.407 e. The van der Waals surface area contributed by atoms with E-state index in [4.69, 9.17) is 0 Å². The van der Waals surface area contributed by atoms with Crippen molar-refractivity contribution >= 4 is 30.4 Å². The highest BCUT2D eigenvalue weighted by Crippen LogP contribution is 2.23. The number of carbonyl (C=O) groups is 3. The fourth-order valence-electron chi connectivity index (χ4n) is 3.30. The summed E-state index contributed by atoms with van der Waals surface area (Å²) in [7, 11) is 1.28. The van der Waals surface area contributed by atoms with Gasteiger partial charge < -0.3 is 20.5 Å². The Morgan fingerprint density at radius 3 is 2.48 bits per heavy atom. The van der Waals surface area contributed by atoms with Gasteiger partial charge in [0.15, 0.2) is 0 Å². The minimum absolute atomic E-state index is 0. The van der Waals surface area contributed by atoms with Crippen molar-refractivity contribution in [2.75, 3.05) is 20.2 Å². The van der Waals surface area contributed by atoms with Gasteiger partial charge in [-0.15, -0.1) is 12.4 Å². The Morgan fingerprint density at radius 1 is 1.36 bits per heavy atom. The molecule has 2 amide bonds. The van der Waals surface area contributed by atoms with E-state index in [2.05, 4.69) is 22.3 Å². The number of hydrogen-bond donors (Lipinski definition) is 3. The fraction of sp³-hybridized carbons (Fsp3) is 0.812. The third-order valence-electron chi connectivity index (χ3n) is 4.46. The van der Waals surface area contributed by atoms with E-state index in [1.54, 1.807) is 0 Å². The number of nitrogens with zero attached hydrogens (tertiary/aromatic N) is 1. The van der Waals surface area contributed by atoms with Gasteiger partial charge in [0.05, 0.1) is 7.11 Å². The second-order valence-electron chi connectivity index (χ2n) is 6.41. The lowest BCUT2D eigenvalue weighted by Gasteiger charge is -2.30. The quantitative estimate of drug-likeness (QED) is 0.585. The maximum atomic E-state index is 11.5. The summed E-state index contributed by atoms with van der Waals surface area (Å²) in [6.45, 7) is 6.50. The monoisotopic (exact) mass is 379 g/mol. The van der Waals surface area contributed by atoms with Crippen LogP contribution in [0.1, 0.15) is 40.0 Å². The summed E-state index contributed by atoms with van der Waals surface area (Å²) in [6.07, 6.45) is 1.63. The third-order valence-corrected chi connectivity index (χ3v) is 4.46. The lowest BCUT2D eigenvalue weighted by molar-refractivity contribution is -0.142. The number of hydrogen-bond acceptors (Lipinski definition) is 5. The number of rotatable bonds is 8. The molecule has 0 aliphatic carbocycles. The highest BCUT2D eigenvalue weighted by atomic mass is 35.5. The maximum absolute atomic E-state index is 11.5. The number of aliphatic carboxylic acids is 1. The molecule has 1 saturated heterocycles. The molecule has 0 radical (unpaired) electrons. The van der Waals surface area contributed by atoms with Crippen LogP contribution in [0.2, 0.25) is 0 Å². The molecule has 1 aliphatic heterocycles. The lowest BCUT2D eigenvalue weighted by atomic mass is 9.95. The van der Waals surface area contributed by atoms with Crippen LogP contribution in [0.3, 0.4) is 0 Å². The van der Waals surface area contributed by atoms with E-state index < -0.39 is 18.1 Å². The van der Waals surface area contributed by atoms with Crippen LogP contribution in [0.5, 0.6) is 0 Å². The summed E-state index contributed by atoms with van der Waals surface area (Å²) in [5, 5.41) is 15.0. The molecule has 9 heteroatoms. The molecule has 25 heavy (non-hydrogen) atoms. The SMILES string of the molecule is CCCC(CN1CC(NC(=O)OC)CC1C(=O)O)C(C)NC(C)=O.Cl.